The fraction of sp³-hybridized carbons (Fsp3) is 0.0476. The molecule has 0 atom stereocenters. The van der Waals surface area contributed by atoms with Crippen LogP contribution in [0.4, 0.5) is 13.2 Å². The zero-order valence-electron chi connectivity index (χ0n) is 15.4. The van der Waals surface area contributed by atoms with Crippen LogP contribution in [0.15, 0.2) is 81.7 Å². The van der Waals surface area contributed by atoms with E-state index in [-0.39, 0.29) is 5.75 Å². The van der Waals surface area contributed by atoms with Crippen LogP contribution in [0.3, 0.4) is 0 Å². The van der Waals surface area contributed by atoms with Crippen LogP contribution in [-0.4, -0.2) is 19.0 Å². The van der Waals surface area contributed by atoms with Crippen LogP contribution in [0, 0.1) is 0 Å². The summed E-state index contributed by atoms with van der Waals surface area (Å²) in [5, 5.41) is 12.7. The van der Waals surface area contributed by atoms with E-state index in [4.69, 9.17) is 0 Å². The molecule has 4 aromatic carbocycles. The van der Waals surface area contributed by atoms with Gasteiger partial charge in [-0.15, -0.1) is 0 Å². The first kappa shape index (κ1) is 23.4. The topological polar surface area (TPSA) is 63.6 Å². The lowest BCUT2D eigenvalue weighted by atomic mass is 10.1. The Labute approximate surface area is 192 Å². The van der Waals surface area contributed by atoms with Crippen LogP contribution in [0.25, 0.3) is 21.5 Å². The van der Waals surface area contributed by atoms with Crippen molar-refractivity contribution < 1.29 is 30.9 Å². The number of rotatable bonds is 2. The quantitative estimate of drug-likeness (QED) is 0.203. The lowest BCUT2D eigenvalue weighted by molar-refractivity contribution is -0.0500. The number of hydrogen-bond acceptors (Lipinski definition) is 4. The Kier molecular flexibility index (Phi) is 6.82. The molecule has 0 aliphatic rings. The minimum atomic E-state index is -5.64. The molecule has 162 valence electrons. The third kappa shape index (κ3) is 5.90. The average Bonchev–Trinajstić information content (AvgIpc) is 2.68. The maximum atomic E-state index is 12.2. The normalized spacial score (nSPS) is 11.8. The molecule has 0 aromatic heterocycles. The maximum Gasteiger partial charge on any atom is 0.534 e. The second-order valence-electron chi connectivity index (χ2n) is 6.31. The van der Waals surface area contributed by atoms with E-state index in [2.05, 4.69) is 36.0 Å². The molecule has 4 aromatic rings. The predicted molar refractivity (Wildman–Crippen MR) is 121 cm³/mol. The van der Waals surface area contributed by atoms with Gasteiger partial charge in [0.15, 0.2) is 0 Å². The third-order valence-corrected chi connectivity index (χ3v) is 6.01. The number of alkyl halides is 3. The SMILES string of the molecule is O=S(=O)(Oc1ccc2cc(Br)ccc2c1)C(F)(F)F.Oc1ccc2cc(Br)ccc2c1. The molecule has 0 radical (unpaired) electrons. The van der Waals surface area contributed by atoms with Gasteiger partial charge in [-0.1, -0.05) is 56.1 Å². The Hall–Kier alpha value is -2.30. The first-order valence-electron chi connectivity index (χ1n) is 8.53. The van der Waals surface area contributed by atoms with Crippen LogP contribution >= 0.6 is 31.9 Å². The summed E-state index contributed by atoms with van der Waals surface area (Å²) in [5.41, 5.74) is -5.44. The second-order valence-corrected chi connectivity index (χ2v) is 9.68. The highest BCUT2D eigenvalue weighted by Gasteiger charge is 2.48. The van der Waals surface area contributed by atoms with Crippen molar-refractivity contribution in [2.24, 2.45) is 0 Å². The van der Waals surface area contributed by atoms with Crippen molar-refractivity contribution >= 4 is 63.5 Å². The molecule has 0 unspecified atom stereocenters. The summed E-state index contributed by atoms with van der Waals surface area (Å²) in [7, 11) is -5.64. The van der Waals surface area contributed by atoms with Crippen LogP contribution in [0.1, 0.15) is 0 Å². The van der Waals surface area contributed by atoms with E-state index < -0.39 is 15.6 Å². The molecule has 0 spiro atoms. The molecule has 1 N–H and O–H groups in total. The van der Waals surface area contributed by atoms with Gasteiger partial charge in [0, 0.05) is 8.95 Å². The molecule has 0 saturated heterocycles. The van der Waals surface area contributed by atoms with Crippen LogP contribution in [-0.2, 0) is 10.1 Å². The second kappa shape index (κ2) is 9.05. The third-order valence-electron chi connectivity index (χ3n) is 4.05. The van der Waals surface area contributed by atoms with Gasteiger partial charge in [0.05, 0.1) is 0 Å². The molecule has 0 aliphatic carbocycles. The van der Waals surface area contributed by atoms with Gasteiger partial charge in [-0.05, 0) is 70.1 Å². The van der Waals surface area contributed by atoms with Crippen molar-refractivity contribution in [2.45, 2.75) is 5.51 Å². The number of phenolic OH excluding ortho intramolecular Hbond substituents is 1. The minimum absolute atomic E-state index is 0.310. The van der Waals surface area contributed by atoms with Gasteiger partial charge in [-0.2, -0.15) is 21.6 Å². The fourth-order valence-electron chi connectivity index (χ4n) is 2.62. The van der Waals surface area contributed by atoms with Crippen molar-refractivity contribution in [3.63, 3.8) is 0 Å². The molecule has 31 heavy (non-hydrogen) atoms. The molecule has 0 heterocycles. The zero-order chi connectivity index (χ0) is 22.8. The molecular formula is C21H13Br2F3O4S. The smallest absolute Gasteiger partial charge is 0.508 e. The number of benzene rings is 4. The molecule has 0 saturated carbocycles. The average molecular weight is 578 g/mol. The molecule has 0 amide bonds. The van der Waals surface area contributed by atoms with Crippen molar-refractivity contribution in [1.29, 1.82) is 0 Å². The van der Waals surface area contributed by atoms with Crippen molar-refractivity contribution in [1.82, 2.24) is 0 Å². The summed E-state index contributed by atoms with van der Waals surface area (Å²) in [6.07, 6.45) is 0. The van der Waals surface area contributed by atoms with Crippen molar-refractivity contribution in [3.05, 3.63) is 81.7 Å². The fourth-order valence-corrected chi connectivity index (χ4v) is 3.83. The molecule has 4 rings (SSSR count). The Morgan fingerprint density at radius 1 is 0.710 bits per heavy atom. The molecule has 4 nitrogen and oxygen atoms in total. The molecule has 0 bridgehead atoms. The first-order valence-corrected chi connectivity index (χ1v) is 11.5. The largest absolute Gasteiger partial charge is 0.534 e. The Morgan fingerprint density at radius 2 is 1.16 bits per heavy atom. The Balaban J connectivity index is 0.000000194. The highest BCUT2D eigenvalue weighted by molar-refractivity contribution is 9.10. The van der Waals surface area contributed by atoms with Crippen molar-refractivity contribution in [3.8, 4) is 11.5 Å². The van der Waals surface area contributed by atoms with E-state index >= 15 is 0 Å². The van der Waals surface area contributed by atoms with Gasteiger partial charge >= 0.3 is 15.6 Å². The molecule has 0 aliphatic heterocycles. The van der Waals surface area contributed by atoms with Gasteiger partial charge in [0.1, 0.15) is 11.5 Å². The van der Waals surface area contributed by atoms with E-state index in [1.54, 1.807) is 30.3 Å². The van der Waals surface area contributed by atoms with Crippen LogP contribution in [0.5, 0.6) is 11.5 Å². The summed E-state index contributed by atoms with van der Waals surface area (Å²) in [6.45, 7) is 0. The zero-order valence-corrected chi connectivity index (χ0v) is 19.4. The van der Waals surface area contributed by atoms with Crippen LogP contribution in [0.2, 0.25) is 0 Å². The number of aromatic hydroxyl groups is 1. The summed E-state index contributed by atoms with van der Waals surface area (Å²) < 4.78 is 64.1. The standard InChI is InChI=1S/C11H6BrF3O3S.C10H7BrO/c12-9-3-1-8-6-10(4-2-7(8)5-9)18-19(16,17)11(13,14)15;11-9-3-1-8-6-10(12)4-2-7(8)5-9/h1-6H;1-6,12H. The highest BCUT2D eigenvalue weighted by Crippen LogP contribution is 2.29. The summed E-state index contributed by atoms with van der Waals surface area (Å²) in [5.74, 6) is -0.0723. The number of phenols is 1. The van der Waals surface area contributed by atoms with E-state index in [1.807, 2.05) is 24.3 Å². The van der Waals surface area contributed by atoms with Gasteiger partial charge in [-0.25, -0.2) is 0 Å². The summed E-state index contributed by atoms with van der Waals surface area (Å²) in [6, 6.07) is 20.2. The number of halogens is 5. The lowest BCUT2D eigenvalue weighted by Crippen LogP contribution is -2.28. The highest BCUT2D eigenvalue weighted by atomic mass is 79.9. The summed E-state index contributed by atoms with van der Waals surface area (Å²) >= 11 is 6.64. The predicted octanol–water partition coefficient (Wildman–Crippen LogP) is 7.14. The van der Waals surface area contributed by atoms with E-state index in [0.717, 1.165) is 31.2 Å². The monoisotopic (exact) mass is 576 g/mol. The first-order chi connectivity index (χ1) is 14.4. The maximum absolute atomic E-state index is 12.2. The molecular weight excluding hydrogens is 565 g/mol. The van der Waals surface area contributed by atoms with Gasteiger partial charge in [0.2, 0.25) is 0 Å². The van der Waals surface area contributed by atoms with Gasteiger partial charge in [-0.3, -0.25) is 0 Å². The van der Waals surface area contributed by atoms with Gasteiger partial charge in [0.25, 0.3) is 0 Å². The number of fused-ring (bicyclic) bond motifs is 2. The van der Waals surface area contributed by atoms with E-state index in [0.29, 0.717) is 11.1 Å². The summed E-state index contributed by atoms with van der Waals surface area (Å²) in [4.78, 5) is 0. The number of hydrogen-bond donors (Lipinski definition) is 1. The van der Waals surface area contributed by atoms with Gasteiger partial charge < -0.3 is 9.29 Å². The molecule has 0 fully saturated rings. The minimum Gasteiger partial charge on any atom is -0.508 e. The lowest BCUT2D eigenvalue weighted by Gasteiger charge is -2.10. The van der Waals surface area contributed by atoms with E-state index in [1.165, 1.54) is 12.1 Å². The Morgan fingerprint density at radius 3 is 1.71 bits per heavy atom. The van der Waals surface area contributed by atoms with E-state index in [9.17, 15) is 26.7 Å². The van der Waals surface area contributed by atoms with Crippen LogP contribution < -0.4 is 4.18 Å². The molecule has 10 heteroatoms. The Bertz CT molecular complexity index is 1310. The van der Waals surface area contributed by atoms with Crippen molar-refractivity contribution in [2.75, 3.05) is 0 Å².